The Hall–Kier alpha value is -1.67. The van der Waals surface area contributed by atoms with Crippen molar-refractivity contribution < 1.29 is 0 Å². The Balaban J connectivity index is 2.19. The Morgan fingerprint density at radius 3 is 2.88 bits per heavy atom. The van der Waals surface area contributed by atoms with Crippen molar-refractivity contribution in [2.45, 2.75) is 6.92 Å². The number of hydrogen-bond acceptors (Lipinski definition) is 2. The fourth-order valence-corrected chi connectivity index (χ4v) is 2.68. The van der Waals surface area contributed by atoms with Crippen molar-refractivity contribution in [2.24, 2.45) is 0 Å². The molecule has 2 aromatic carbocycles. The molecule has 1 radical (unpaired) electrons. The summed E-state index contributed by atoms with van der Waals surface area (Å²) in [7, 11) is 0. The number of fused-ring (bicyclic) bond motifs is 1. The van der Waals surface area contributed by atoms with E-state index in [1.165, 1.54) is 10.3 Å². The van der Waals surface area contributed by atoms with E-state index >= 15 is 0 Å². The summed E-state index contributed by atoms with van der Waals surface area (Å²) < 4.78 is 1.24. The van der Waals surface area contributed by atoms with Crippen molar-refractivity contribution in [3.63, 3.8) is 0 Å². The molecule has 0 spiro atoms. The maximum atomic E-state index is 4.63. The summed E-state index contributed by atoms with van der Waals surface area (Å²) in [5.41, 5.74) is 3.40. The Bertz CT molecular complexity index is 607. The van der Waals surface area contributed by atoms with Crippen molar-refractivity contribution in [3.8, 4) is 10.6 Å². The first-order chi connectivity index (χ1) is 7.83. The molecule has 3 rings (SSSR count). The second kappa shape index (κ2) is 3.72. The lowest BCUT2D eigenvalue weighted by atomic mass is 10.1. The van der Waals surface area contributed by atoms with E-state index in [2.05, 4.69) is 42.2 Å². The third kappa shape index (κ3) is 1.61. The SMILES string of the molecule is Cc1[c]ccc(-c2nc3ccccc3s2)c1. The van der Waals surface area contributed by atoms with Crippen LogP contribution in [0.4, 0.5) is 0 Å². The highest BCUT2D eigenvalue weighted by Crippen LogP contribution is 2.29. The van der Waals surface area contributed by atoms with Gasteiger partial charge in [-0.3, -0.25) is 0 Å². The van der Waals surface area contributed by atoms with Crippen molar-refractivity contribution in [2.75, 3.05) is 0 Å². The molecule has 1 nitrogen and oxygen atoms in total. The Morgan fingerprint density at radius 1 is 1.19 bits per heavy atom. The second-order valence-corrected chi connectivity index (χ2v) is 4.78. The number of aryl methyl sites for hydroxylation is 1. The van der Waals surface area contributed by atoms with Crippen molar-refractivity contribution >= 4 is 21.6 Å². The first kappa shape index (κ1) is 9.55. The summed E-state index contributed by atoms with van der Waals surface area (Å²) in [4.78, 5) is 4.63. The molecule has 0 amide bonds. The summed E-state index contributed by atoms with van der Waals surface area (Å²) in [6.45, 7) is 2.05. The fraction of sp³-hybridized carbons (Fsp3) is 0.0714. The van der Waals surface area contributed by atoms with Gasteiger partial charge in [0.05, 0.1) is 10.2 Å². The summed E-state index contributed by atoms with van der Waals surface area (Å²) in [5.74, 6) is 0. The molecule has 1 aromatic heterocycles. The van der Waals surface area contributed by atoms with Gasteiger partial charge in [0.25, 0.3) is 0 Å². The highest BCUT2D eigenvalue weighted by Gasteiger charge is 2.05. The van der Waals surface area contributed by atoms with Crippen molar-refractivity contribution in [1.29, 1.82) is 0 Å². The summed E-state index contributed by atoms with van der Waals surface area (Å²) in [6.07, 6.45) is 0. The molecule has 0 unspecified atom stereocenters. The van der Waals surface area contributed by atoms with E-state index in [9.17, 15) is 0 Å². The Kier molecular flexibility index (Phi) is 2.22. The van der Waals surface area contributed by atoms with Crippen LogP contribution in [-0.4, -0.2) is 4.98 Å². The van der Waals surface area contributed by atoms with E-state index in [1.54, 1.807) is 11.3 Å². The van der Waals surface area contributed by atoms with Gasteiger partial charge >= 0.3 is 0 Å². The van der Waals surface area contributed by atoms with Crippen LogP contribution in [0.1, 0.15) is 5.56 Å². The highest BCUT2D eigenvalue weighted by molar-refractivity contribution is 7.21. The van der Waals surface area contributed by atoms with Crippen LogP contribution in [0.15, 0.2) is 42.5 Å². The molecule has 3 aromatic rings. The van der Waals surface area contributed by atoms with Gasteiger partial charge in [0.1, 0.15) is 5.01 Å². The van der Waals surface area contributed by atoms with Crippen LogP contribution in [0, 0.1) is 13.0 Å². The molecule has 16 heavy (non-hydrogen) atoms. The lowest BCUT2D eigenvalue weighted by Gasteiger charge is -1.96. The van der Waals surface area contributed by atoms with Crippen LogP contribution in [0.2, 0.25) is 0 Å². The summed E-state index contributed by atoms with van der Waals surface area (Å²) >= 11 is 1.73. The third-order valence-corrected chi connectivity index (χ3v) is 3.57. The van der Waals surface area contributed by atoms with Crippen LogP contribution in [0.3, 0.4) is 0 Å². The number of aromatic nitrogens is 1. The van der Waals surface area contributed by atoms with Crippen LogP contribution < -0.4 is 0 Å². The van der Waals surface area contributed by atoms with Gasteiger partial charge in [0, 0.05) is 5.56 Å². The van der Waals surface area contributed by atoms with E-state index < -0.39 is 0 Å². The predicted octanol–water partition coefficient (Wildman–Crippen LogP) is 4.07. The average molecular weight is 224 g/mol. The maximum Gasteiger partial charge on any atom is 0.124 e. The van der Waals surface area contributed by atoms with Crippen molar-refractivity contribution in [3.05, 3.63) is 54.1 Å². The van der Waals surface area contributed by atoms with E-state index in [-0.39, 0.29) is 0 Å². The first-order valence-corrected chi connectivity index (χ1v) is 5.99. The number of nitrogens with zero attached hydrogens (tertiary/aromatic N) is 1. The molecular weight excluding hydrogens is 214 g/mol. The van der Waals surface area contributed by atoms with Gasteiger partial charge < -0.3 is 0 Å². The molecular formula is C14H10NS. The fourth-order valence-electron chi connectivity index (χ4n) is 1.71. The molecule has 2 heteroatoms. The first-order valence-electron chi connectivity index (χ1n) is 5.17. The number of thiazole rings is 1. The van der Waals surface area contributed by atoms with Gasteiger partial charge in [-0.25, -0.2) is 4.98 Å². The third-order valence-electron chi connectivity index (χ3n) is 2.49. The maximum absolute atomic E-state index is 4.63. The van der Waals surface area contributed by atoms with Gasteiger partial charge in [-0.1, -0.05) is 24.3 Å². The molecule has 0 N–H and O–H groups in total. The smallest absolute Gasteiger partial charge is 0.124 e. The van der Waals surface area contributed by atoms with Crippen molar-refractivity contribution in [1.82, 2.24) is 4.98 Å². The molecule has 0 aliphatic rings. The van der Waals surface area contributed by atoms with Gasteiger partial charge in [0.2, 0.25) is 0 Å². The zero-order chi connectivity index (χ0) is 11.0. The topological polar surface area (TPSA) is 12.9 Å². The Morgan fingerprint density at radius 2 is 2.06 bits per heavy atom. The molecule has 0 fully saturated rings. The number of para-hydroxylation sites is 1. The predicted molar refractivity (Wildman–Crippen MR) is 68.6 cm³/mol. The van der Waals surface area contributed by atoms with E-state index in [1.807, 2.05) is 18.2 Å². The van der Waals surface area contributed by atoms with Gasteiger partial charge in [-0.2, -0.15) is 0 Å². The molecule has 0 aliphatic carbocycles. The molecule has 0 aliphatic heterocycles. The zero-order valence-corrected chi connectivity index (χ0v) is 9.71. The zero-order valence-electron chi connectivity index (χ0n) is 8.90. The molecule has 0 saturated heterocycles. The highest BCUT2D eigenvalue weighted by atomic mass is 32.1. The normalized spacial score (nSPS) is 10.8. The van der Waals surface area contributed by atoms with Gasteiger partial charge in [-0.15, -0.1) is 11.3 Å². The van der Waals surface area contributed by atoms with Crippen LogP contribution in [-0.2, 0) is 0 Å². The second-order valence-electron chi connectivity index (χ2n) is 3.75. The molecule has 1 heterocycles. The van der Waals surface area contributed by atoms with Gasteiger partial charge in [0.15, 0.2) is 0 Å². The Labute approximate surface area is 98.4 Å². The lowest BCUT2D eigenvalue weighted by molar-refractivity contribution is 1.42. The minimum absolute atomic E-state index is 1.08. The molecule has 0 atom stereocenters. The average Bonchev–Trinajstić information content (AvgIpc) is 2.72. The standard InChI is InChI=1S/C14H10NS/c1-10-5-4-6-11(9-10)14-15-12-7-2-3-8-13(12)16-14/h2-4,6-9H,1H3. The van der Waals surface area contributed by atoms with E-state index in [4.69, 9.17) is 0 Å². The largest absolute Gasteiger partial charge is 0.236 e. The monoisotopic (exact) mass is 224 g/mol. The minimum Gasteiger partial charge on any atom is -0.236 e. The van der Waals surface area contributed by atoms with Gasteiger partial charge in [-0.05, 0) is 36.8 Å². The lowest BCUT2D eigenvalue weighted by Crippen LogP contribution is -1.77. The summed E-state index contributed by atoms with van der Waals surface area (Å²) in [5, 5.41) is 1.08. The van der Waals surface area contributed by atoms with Crippen LogP contribution >= 0.6 is 11.3 Å². The van der Waals surface area contributed by atoms with E-state index in [0.717, 1.165) is 16.1 Å². The van der Waals surface area contributed by atoms with E-state index in [0.29, 0.717) is 0 Å². The minimum atomic E-state index is 1.08. The van der Waals surface area contributed by atoms with Crippen LogP contribution in [0.5, 0.6) is 0 Å². The number of rotatable bonds is 1. The van der Waals surface area contributed by atoms with Crippen LogP contribution in [0.25, 0.3) is 20.8 Å². The molecule has 77 valence electrons. The summed E-state index contributed by atoms with van der Waals surface area (Å²) in [6, 6.07) is 17.5. The number of hydrogen-bond donors (Lipinski definition) is 0. The molecule has 0 saturated carbocycles. The molecule has 0 bridgehead atoms. The number of benzene rings is 2. The quantitative estimate of drug-likeness (QED) is 0.607.